The molecule has 0 radical (unpaired) electrons. The van der Waals surface area contributed by atoms with E-state index in [1.54, 1.807) is 25.3 Å². The van der Waals surface area contributed by atoms with Crippen LogP contribution in [0.5, 0.6) is 5.75 Å². The number of carbonyl (C=O) groups is 1. The van der Waals surface area contributed by atoms with Crippen molar-refractivity contribution in [3.05, 3.63) is 23.2 Å². The predicted molar refractivity (Wildman–Crippen MR) is 83.1 cm³/mol. The lowest BCUT2D eigenvalue weighted by Crippen LogP contribution is -2.33. The van der Waals surface area contributed by atoms with Gasteiger partial charge in [0.2, 0.25) is 5.91 Å². The van der Waals surface area contributed by atoms with Crippen molar-refractivity contribution < 1.29 is 14.3 Å². The second-order valence-electron chi connectivity index (χ2n) is 4.97. The number of carbonyl (C=O) groups excluding carboxylic acids is 1. The van der Waals surface area contributed by atoms with Crippen LogP contribution in [0.3, 0.4) is 0 Å². The molecule has 6 heteroatoms. The maximum absolute atomic E-state index is 11.9. The molecule has 21 heavy (non-hydrogen) atoms. The number of halogens is 1. The molecule has 2 N–H and O–H groups in total. The average Bonchev–Trinajstić information content (AvgIpc) is 2.50. The van der Waals surface area contributed by atoms with Crippen molar-refractivity contribution in [3.8, 4) is 5.75 Å². The summed E-state index contributed by atoms with van der Waals surface area (Å²) in [4.78, 5) is 11.9. The molecule has 1 heterocycles. The molecule has 116 valence electrons. The first kappa shape index (κ1) is 16.1. The first-order chi connectivity index (χ1) is 10.2. The number of amides is 1. The van der Waals surface area contributed by atoms with E-state index in [4.69, 9.17) is 21.1 Å². The summed E-state index contributed by atoms with van der Waals surface area (Å²) in [6.45, 7) is 2.42. The standard InChI is InChI=1S/C15H21ClN2O3/c1-20-14-10-11(2-3-13(14)16)18-15(19)6-9-21-12-4-7-17-8-5-12/h2-3,10,12,17H,4-9H2,1H3,(H,18,19). The lowest BCUT2D eigenvalue weighted by atomic mass is 10.1. The van der Waals surface area contributed by atoms with Crippen molar-refractivity contribution in [2.45, 2.75) is 25.4 Å². The van der Waals surface area contributed by atoms with Gasteiger partial charge in [-0.05, 0) is 38.1 Å². The number of benzene rings is 1. The number of methoxy groups -OCH3 is 1. The molecule has 1 aliphatic heterocycles. The monoisotopic (exact) mass is 312 g/mol. The lowest BCUT2D eigenvalue weighted by Gasteiger charge is -2.22. The second-order valence-corrected chi connectivity index (χ2v) is 5.37. The minimum atomic E-state index is -0.0756. The summed E-state index contributed by atoms with van der Waals surface area (Å²) >= 11 is 5.94. The third-order valence-corrected chi connectivity index (χ3v) is 3.72. The van der Waals surface area contributed by atoms with Gasteiger partial charge in [-0.2, -0.15) is 0 Å². The summed E-state index contributed by atoms with van der Waals surface area (Å²) in [5.74, 6) is 0.466. The molecule has 0 bridgehead atoms. The number of nitrogens with one attached hydrogen (secondary N) is 2. The molecule has 1 amide bonds. The molecule has 1 aromatic rings. The van der Waals surface area contributed by atoms with Crippen LogP contribution in [0.4, 0.5) is 5.69 Å². The Morgan fingerprint density at radius 2 is 2.19 bits per heavy atom. The Labute approximate surface area is 130 Å². The zero-order valence-corrected chi connectivity index (χ0v) is 12.9. The summed E-state index contributed by atoms with van der Waals surface area (Å²) < 4.78 is 10.8. The molecule has 1 saturated heterocycles. The van der Waals surface area contributed by atoms with Crippen molar-refractivity contribution in [1.29, 1.82) is 0 Å². The van der Waals surface area contributed by atoms with Crippen molar-refractivity contribution in [2.75, 3.05) is 32.1 Å². The molecule has 1 fully saturated rings. The number of hydrogen-bond acceptors (Lipinski definition) is 4. The van der Waals surface area contributed by atoms with Gasteiger partial charge in [-0.15, -0.1) is 0 Å². The summed E-state index contributed by atoms with van der Waals surface area (Å²) in [5.41, 5.74) is 0.670. The van der Waals surface area contributed by atoms with Crippen LogP contribution in [0.25, 0.3) is 0 Å². The summed E-state index contributed by atoms with van der Waals surface area (Å²) in [6, 6.07) is 5.14. The van der Waals surface area contributed by atoms with Crippen molar-refractivity contribution >= 4 is 23.2 Å². The highest BCUT2D eigenvalue weighted by molar-refractivity contribution is 6.32. The summed E-state index contributed by atoms with van der Waals surface area (Å²) in [7, 11) is 1.54. The Morgan fingerprint density at radius 1 is 1.43 bits per heavy atom. The van der Waals surface area contributed by atoms with Gasteiger partial charge in [0.1, 0.15) is 5.75 Å². The summed E-state index contributed by atoms with van der Waals surface area (Å²) in [6.07, 6.45) is 2.63. The van der Waals surface area contributed by atoms with Gasteiger partial charge in [0.25, 0.3) is 0 Å². The molecule has 0 atom stereocenters. The zero-order chi connectivity index (χ0) is 15.1. The minimum Gasteiger partial charge on any atom is -0.495 e. The normalized spacial score (nSPS) is 15.7. The number of anilines is 1. The zero-order valence-electron chi connectivity index (χ0n) is 12.2. The lowest BCUT2D eigenvalue weighted by molar-refractivity contribution is -0.117. The Hall–Kier alpha value is -1.30. The maximum Gasteiger partial charge on any atom is 0.226 e. The van der Waals surface area contributed by atoms with E-state index in [9.17, 15) is 4.79 Å². The van der Waals surface area contributed by atoms with E-state index in [0.29, 0.717) is 29.5 Å². The molecule has 1 aliphatic rings. The first-order valence-electron chi connectivity index (χ1n) is 7.15. The number of piperidine rings is 1. The number of rotatable bonds is 6. The average molecular weight is 313 g/mol. The topological polar surface area (TPSA) is 59.6 Å². The maximum atomic E-state index is 11.9. The predicted octanol–water partition coefficient (Wildman–Crippen LogP) is 2.45. The first-order valence-corrected chi connectivity index (χ1v) is 7.52. The highest BCUT2D eigenvalue weighted by atomic mass is 35.5. The van der Waals surface area contributed by atoms with Crippen LogP contribution in [-0.2, 0) is 9.53 Å². The van der Waals surface area contributed by atoms with Crippen molar-refractivity contribution in [2.24, 2.45) is 0 Å². The Bertz CT molecular complexity index is 476. The molecular formula is C15H21ClN2O3. The van der Waals surface area contributed by atoms with E-state index >= 15 is 0 Å². The molecule has 5 nitrogen and oxygen atoms in total. The molecule has 2 rings (SSSR count). The van der Waals surface area contributed by atoms with Crippen LogP contribution in [0, 0.1) is 0 Å². The van der Waals surface area contributed by atoms with Crippen LogP contribution in [0.1, 0.15) is 19.3 Å². The van der Waals surface area contributed by atoms with Crippen LogP contribution in [0.2, 0.25) is 5.02 Å². The Balaban J connectivity index is 1.73. The van der Waals surface area contributed by atoms with Gasteiger partial charge in [-0.3, -0.25) is 4.79 Å². The quantitative estimate of drug-likeness (QED) is 0.847. The molecule has 0 saturated carbocycles. The minimum absolute atomic E-state index is 0.0756. The SMILES string of the molecule is COc1cc(NC(=O)CCOC2CCNCC2)ccc1Cl. The second kappa shape index (κ2) is 8.22. The van der Waals surface area contributed by atoms with Gasteiger partial charge >= 0.3 is 0 Å². The van der Waals surface area contributed by atoms with E-state index in [0.717, 1.165) is 25.9 Å². The van der Waals surface area contributed by atoms with Crippen LogP contribution in [0.15, 0.2) is 18.2 Å². The van der Waals surface area contributed by atoms with Crippen LogP contribution >= 0.6 is 11.6 Å². The molecule has 1 aromatic carbocycles. The van der Waals surface area contributed by atoms with Crippen molar-refractivity contribution in [3.63, 3.8) is 0 Å². The van der Waals surface area contributed by atoms with E-state index in [1.165, 1.54) is 0 Å². The van der Waals surface area contributed by atoms with Crippen LogP contribution in [-0.4, -0.2) is 38.8 Å². The van der Waals surface area contributed by atoms with Crippen LogP contribution < -0.4 is 15.4 Å². The smallest absolute Gasteiger partial charge is 0.226 e. The van der Waals surface area contributed by atoms with Gasteiger partial charge in [-0.25, -0.2) is 0 Å². The van der Waals surface area contributed by atoms with Gasteiger partial charge in [0.15, 0.2) is 0 Å². The van der Waals surface area contributed by atoms with Gasteiger partial charge < -0.3 is 20.1 Å². The van der Waals surface area contributed by atoms with Gasteiger partial charge in [0.05, 0.1) is 31.3 Å². The van der Waals surface area contributed by atoms with E-state index in [2.05, 4.69) is 10.6 Å². The fourth-order valence-corrected chi connectivity index (χ4v) is 2.44. The largest absolute Gasteiger partial charge is 0.495 e. The van der Waals surface area contributed by atoms with Gasteiger partial charge in [0, 0.05) is 11.8 Å². The fourth-order valence-electron chi connectivity index (χ4n) is 2.24. The van der Waals surface area contributed by atoms with E-state index < -0.39 is 0 Å². The molecule has 0 spiro atoms. The molecule has 0 unspecified atom stereocenters. The third-order valence-electron chi connectivity index (χ3n) is 3.40. The third kappa shape index (κ3) is 5.19. The fraction of sp³-hybridized carbons (Fsp3) is 0.533. The molecule has 0 aliphatic carbocycles. The molecule has 0 aromatic heterocycles. The summed E-state index contributed by atoms with van der Waals surface area (Å²) in [5, 5.41) is 6.61. The Kier molecular flexibility index (Phi) is 6.29. The van der Waals surface area contributed by atoms with E-state index in [1.807, 2.05) is 0 Å². The van der Waals surface area contributed by atoms with E-state index in [-0.39, 0.29) is 12.0 Å². The molecular weight excluding hydrogens is 292 g/mol. The highest BCUT2D eigenvalue weighted by Crippen LogP contribution is 2.27. The van der Waals surface area contributed by atoms with Crippen molar-refractivity contribution in [1.82, 2.24) is 5.32 Å². The van der Waals surface area contributed by atoms with Gasteiger partial charge in [-0.1, -0.05) is 11.6 Å². The number of ether oxygens (including phenoxy) is 2. The Morgan fingerprint density at radius 3 is 2.90 bits per heavy atom. The number of hydrogen-bond donors (Lipinski definition) is 2. The highest BCUT2D eigenvalue weighted by Gasteiger charge is 2.13.